The summed E-state index contributed by atoms with van der Waals surface area (Å²) in [7, 11) is 0. The first-order chi connectivity index (χ1) is 5.65. The second-order valence-electron chi connectivity index (χ2n) is 2.69. The third kappa shape index (κ3) is 1.94. The monoisotopic (exact) mass is 176 g/mol. The molecule has 1 heterocycles. The Morgan fingerprint density at radius 3 is 2.83 bits per heavy atom. The quantitative estimate of drug-likeness (QED) is 0.510. The van der Waals surface area contributed by atoms with Gasteiger partial charge in [-0.1, -0.05) is 0 Å². The normalized spacial score (nSPS) is 35.1. The van der Waals surface area contributed by atoms with Crippen molar-refractivity contribution in [1.82, 2.24) is 0 Å². The van der Waals surface area contributed by atoms with Crippen molar-refractivity contribution >= 4 is 5.97 Å². The van der Waals surface area contributed by atoms with Crippen molar-refractivity contribution in [2.45, 2.75) is 25.2 Å². The molecule has 3 atom stereocenters. The van der Waals surface area contributed by atoms with Gasteiger partial charge in [0, 0.05) is 6.92 Å². The second-order valence-corrected chi connectivity index (χ2v) is 2.69. The highest BCUT2D eigenvalue weighted by Gasteiger charge is 2.37. The fourth-order valence-corrected chi connectivity index (χ4v) is 1.13. The molecule has 1 aliphatic heterocycles. The molecule has 0 bridgehead atoms. The van der Waals surface area contributed by atoms with Crippen LogP contribution < -0.4 is 0 Å². The van der Waals surface area contributed by atoms with E-state index in [1.807, 2.05) is 0 Å². The van der Waals surface area contributed by atoms with Crippen molar-refractivity contribution in [3.8, 4) is 0 Å². The molecule has 0 radical (unpaired) electrons. The molecule has 0 amide bonds. The topological polar surface area (TPSA) is 76.0 Å². The van der Waals surface area contributed by atoms with E-state index < -0.39 is 24.3 Å². The van der Waals surface area contributed by atoms with Gasteiger partial charge in [0.25, 0.3) is 0 Å². The summed E-state index contributed by atoms with van der Waals surface area (Å²) in [5.41, 5.74) is 0. The van der Waals surface area contributed by atoms with Gasteiger partial charge in [-0.2, -0.15) is 0 Å². The number of hydrogen-bond donors (Lipinski definition) is 2. The van der Waals surface area contributed by atoms with Crippen molar-refractivity contribution in [1.29, 1.82) is 0 Å². The maximum absolute atomic E-state index is 10.5. The summed E-state index contributed by atoms with van der Waals surface area (Å²) in [6.45, 7) is 1.14. The van der Waals surface area contributed by atoms with Crippen LogP contribution in [0.5, 0.6) is 0 Å². The summed E-state index contributed by atoms with van der Waals surface area (Å²) in [6.07, 6.45) is -2.19. The molecular weight excluding hydrogens is 164 g/mol. The van der Waals surface area contributed by atoms with Crippen LogP contribution in [0.3, 0.4) is 0 Å². The molecule has 70 valence electrons. The highest BCUT2D eigenvalue weighted by Crippen LogP contribution is 2.16. The Labute approximate surface area is 69.9 Å². The summed E-state index contributed by atoms with van der Waals surface area (Å²) >= 11 is 0. The molecule has 1 rings (SSSR count). The van der Waals surface area contributed by atoms with Crippen LogP contribution >= 0.6 is 0 Å². The minimum absolute atomic E-state index is 0.145. The molecule has 0 aromatic rings. The second kappa shape index (κ2) is 3.84. The minimum atomic E-state index is -0.918. The fourth-order valence-electron chi connectivity index (χ4n) is 1.13. The van der Waals surface area contributed by atoms with Gasteiger partial charge in [0.1, 0.15) is 12.2 Å². The van der Waals surface area contributed by atoms with Crippen molar-refractivity contribution in [2.24, 2.45) is 0 Å². The van der Waals surface area contributed by atoms with E-state index in [0.29, 0.717) is 0 Å². The number of carbonyl (C=O) groups is 1. The number of carbonyl (C=O) groups excluding carboxylic acids is 1. The molecule has 5 heteroatoms. The molecule has 1 fully saturated rings. The molecule has 0 aliphatic carbocycles. The average Bonchev–Trinajstić information content (AvgIpc) is 2.32. The number of esters is 1. The highest BCUT2D eigenvalue weighted by molar-refractivity contribution is 5.66. The van der Waals surface area contributed by atoms with Gasteiger partial charge in [0.15, 0.2) is 6.10 Å². The molecule has 0 aromatic heterocycles. The summed E-state index contributed by atoms with van der Waals surface area (Å²) in [5, 5.41) is 18.0. The molecule has 0 unspecified atom stereocenters. The van der Waals surface area contributed by atoms with Crippen LogP contribution in [0.25, 0.3) is 0 Å². The first kappa shape index (κ1) is 9.44. The van der Waals surface area contributed by atoms with Crippen LogP contribution in [0.4, 0.5) is 0 Å². The van der Waals surface area contributed by atoms with Gasteiger partial charge >= 0.3 is 5.97 Å². The molecule has 0 saturated carbocycles. The van der Waals surface area contributed by atoms with Crippen LogP contribution in [0.15, 0.2) is 0 Å². The molecule has 1 aliphatic rings. The number of ether oxygens (including phenoxy) is 2. The van der Waals surface area contributed by atoms with Gasteiger partial charge in [-0.05, 0) is 0 Å². The van der Waals surface area contributed by atoms with E-state index in [-0.39, 0.29) is 13.2 Å². The Bertz CT molecular complexity index is 169. The predicted molar refractivity (Wildman–Crippen MR) is 38.4 cm³/mol. The Morgan fingerprint density at radius 2 is 2.42 bits per heavy atom. The van der Waals surface area contributed by atoms with E-state index in [2.05, 4.69) is 0 Å². The number of aliphatic hydroxyl groups is 2. The van der Waals surface area contributed by atoms with Crippen molar-refractivity contribution in [3.05, 3.63) is 0 Å². The Morgan fingerprint density at radius 1 is 1.75 bits per heavy atom. The summed E-state index contributed by atoms with van der Waals surface area (Å²) < 4.78 is 9.68. The zero-order chi connectivity index (χ0) is 9.14. The standard InChI is InChI=1S/C7H12O5/c1-4(9)12-6-3-11-5(2-8)7(6)10/h5-8,10H,2-3H2,1H3/t5-,6+,7-/m1/s1. The van der Waals surface area contributed by atoms with E-state index in [1.165, 1.54) is 6.92 Å². The molecule has 1 saturated heterocycles. The fraction of sp³-hybridized carbons (Fsp3) is 0.857. The Balaban J connectivity index is 2.43. The lowest BCUT2D eigenvalue weighted by atomic mass is 10.1. The third-order valence-electron chi connectivity index (χ3n) is 1.73. The van der Waals surface area contributed by atoms with Crippen LogP contribution in [0.1, 0.15) is 6.92 Å². The van der Waals surface area contributed by atoms with Gasteiger partial charge in [0.05, 0.1) is 13.2 Å². The van der Waals surface area contributed by atoms with Gasteiger partial charge in [-0.15, -0.1) is 0 Å². The molecular formula is C7H12O5. The first-order valence-corrected chi connectivity index (χ1v) is 3.73. The molecule has 0 spiro atoms. The molecule has 5 nitrogen and oxygen atoms in total. The molecule has 2 N–H and O–H groups in total. The van der Waals surface area contributed by atoms with Gasteiger partial charge in [-0.25, -0.2) is 0 Å². The first-order valence-electron chi connectivity index (χ1n) is 3.73. The lowest BCUT2D eigenvalue weighted by Crippen LogP contribution is -2.34. The van der Waals surface area contributed by atoms with Crippen molar-refractivity contribution in [2.75, 3.05) is 13.2 Å². The van der Waals surface area contributed by atoms with Crippen molar-refractivity contribution < 1.29 is 24.5 Å². The van der Waals surface area contributed by atoms with Crippen LogP contribution in [0.2, 0.25) is 0 Å². The number of aliphatic hydroxyl groups excluding tert-OH is 2. The Hall–Kier alpha value is -0.650. The number of rotatable bonds is 2. The minimum Gasteiger partial charge on any atom is -0.457 e. The van der Waals surface area contributed by atoms with E-state index in [1.54, 1.807) is 0 Å². The van der Waals surface area contributed by atoms with E-state index in [4.69, 9.17) is 14.6 Å². The Kier molecular flexibility index (Phi) is 3.02. The van der Waals surface area contributed by atoms with E-state index in [9.17, 15) is 9.90 Å². The summed E-state index contributed by atoms with van der Waals surface area (Å²) in [5.74, 6) is -0.457. The SMILES string of the molecule is CC(=O)O[C@H]1CO[C@H](CO)[C@H]1O. The highest BCUT2D eigenvalue weighted by atomic mass is 16.6. The lowest BCUT2D eigenvalue weighted by Gasteiger charge is -2.14. The smallest absolute Gasteiger partial charge is 0.303 e. The van der Waals surface area contributed by atoms with E-state index in [0.717, 1.165) is 0 Å². The van der Waals surface area contributed by atoms with Crippen molar-refractivity contribution in [3.63, 3.8) is 0 Å². The maximum Gasteiger partial charge on any atom is 0.303 e. The predicted octanol–water partition coefficient (Wildman–Crippen LogP) is -1.33. The lowest BCUT2D eigenvalue weighted by molar-refractivity contribution is -0.150. The molecule has 0 aromatic carbocycles. The summed E-state index contributed by atoms with van der Waals surface area (Å²) in [4.78, 5) is 10.5. The molecule has 12 heavy (non-hydrogen) atoms. The average molecular weight is 176 g/mol. The van der Waals surface area contributed by atoms with E-state index >= 15 is 0 Å². The van der Waals surface area contributed by atoms with Gasteiger partial charge in [0.2, 0.25) is 0 Å². The zero-order valence-electron chi connectivity index (χ0n) is 6.77. The van der Waals surface area contributed by atoms with Crippen LogP contribution in [-0.2, 0) is 14.3 Å². The maximum atomic E-state index is 10.5. The third-order valence-corrected chi connectivity index (χ3v) is 1.73. The van der Waals surface area contributed by atoms with Gasteiger partial charge < -0.3 is 19.7 Å². The van der Waals surface area contributed by atoms with Crippen LogP contribution in [0, 0.1) is 0 Å². The van der Waals surface area contributed by atoms with Gasteiger partial charge in [-0.3, -0.25) is 4.79 Å². The number of hydrogen-bond acceptors (Lipinski definition) is 5. The zero-order valence-corrected chi connectivity index (χ0v) is 6.77. The van der Waals surface area contributed by atoms with Crippen LogP contribution in [-0.4, -0.2) is 47.7 Å². The largest absolute Gasteiger partial charge is 0.457 e. The summed E-state index contributed by atoms with van der Waals surface area (Å²) in [6, 6.07) is 0.